The summed E-state index contributed by atoms with van der Waals surface area (Å²) in [7, 11) is 3.15. The number of pyridine rings is 2. The molecule has 0 atom stereocenters. The first-order valence-electron chi connectivity index (χ1n) is 6.38. The molecule has 0 N–H and O–H groups in total. The van der Waals surface area contributed by atoms with E-state index in [0.29, 0.717) is 16.7 Å². The van der Waals surface area contributed by atoms with Gasteiger partial charge in [-0.15, -0.1) is 0 Å². The monoisotopic (exact) mass is 300 g/mol. The van der Waals surface area contributed by atoms with Crippen LogP contribution in [0.1, 0.15) is 7.43 Å². The molecule has 0 aliphatic carbocycles. The maximum atomic E-state index is 13.7. The first-order chi connectivity index (χ1) is 10.1. The van der Waals surface area contributed by atoms with Crippen molar-refractivity contribution in [2.45, 2.75) is 7.43 Å². The highest BCUT2D eigenvalue weighted by Crippen LogP contribution is 2.29. The molecule has 4 nitrogen and oxygen atoms in total. The van der Waals surface area contributed by atoms with Crippen LogP contribution in [0.4, 0.5) is 4.39 Å². The number of aryl methyl sites for hydroxylation is 1. The van der Waals surface area contributed by atoms with E-state index in [2.05, 4.69) is 4.98 Å². The van der Waals surface area contributed by atoms with E-state index in [-0.39, 0.29) is 18.8 Å². The van der Waals surface area contributed by atoms with Crippen LogP contribution in [0.3, 0.4) is 0 Å². The highest BCUT2D eigenvalue weighted by Gasteiger charge is 2.11. The molecule has 114 valence electrons. The van der Waals surface area contributed by atoms with Crippen LogP contribution in [0.25, 0.3) is 21.9 Å². The number of methoxy groups -OCH3 is 1. The summed E-state index contributed by atoms with van der Waals surface area (Å²) >= 11 is 0. The Hall–Kier alpha value is -2.69. The summed E-state index contributed by atoms with van der Waals surface area (Å²) in [5.41, 5.74) is 1.27. The Balaban J connectivity index is 0.00000176. The fourth-order valence-corrected chi connectivity index (χ4v) is 2.38. The molecule has 1 aromatic carbocycles. The SMILES string of the molecule is C.COc1cc(F)cc(-c2cn(C)c(=O)c3cnccc23)c1. The Kier molecular flexibility index (Phi) is 4.26. The highest BCUT2D eigenvalue weighted by molar-refractivity contribution is 5.95. The van der Waals surface area contributed by atoms with Crippen molar-refractivity contribution in [1.82, 2.24) is 9.55 Å². The number of rotatable bonds is 2. The molecule has 5 heteroatoms. The van der Waals surface area contributed by atoms with E-state index in [9.17, 15) is 9.18 Å². The molecule has 0 aliphatic rings. The summed E-state index contributed by atoms with van der Waals surface area (Å²) < 4.78 is 20.3. The number of hydrogen-bond donors (Lipinski definition) is 0. The average molecular weight is 300 g/mol. The number of hydrogen-bond acceptors (Lipinski definition) is 3. The number of fused-ring (bicyclic) bond motifs is 1. The molecule has 0 saturated carbocycles. The fraction of sp³-hybridized carbons (Fsp3) is 0.176. The summed E-state index contributed by atoms with van der Waals surface area (Å²) in [4.78, 5) is 16.1. The van der Waals surface area contributed by atoms with E-state index < -0.39 is 0 Å². The van der Waals surface area contributed by atoms with Crippen molar-refractivity contribution in [3.63, 3.8) is 0 Å². The van der Waals surface area contributed by atoms with Gasteiger partial charge in [-0.1, -0.05) is 7.43 Å². The molecule has 0 aliphatic heterocycles. The van der Waals surface area contributed by atoms with E-state index >= 15 is 0 Å². The van der Waals surface area contributed by atoms with E-state index in [1.54, 1.807) is 31.6 Å². The summed E-state index contributed by atoms with van der Waals surface area (Å²) in [6.07, 6.45) is 4.83. The first-order valence-corrected chi connectivity index (χ1v) is 6.38. The largest absolute Gasteiger partial charge is 0.497 e. The minimum absolute atomic E-state index is 0. The first kappa shape index (κ1) is 15.7. The Morgan fingerprint density at radius 1 is 1.23 bits per heavy atom. The zero-order valence-electron chi connectivity index (χ0n) is 11.6. The molecule has 0 saturated heterocycles. The standard InChI is InChI=1S/C16H13FN2O2.CH4/c1-19-9-15(10-5-11(17)7-12(6-10)21-2)13-3-4-18-8-14(13)16(19)20;/h3-9H,1-2H3;1H4. The van der Waals surface area contributed by atoms with Crippen LogP contribution in [0.2, 0.25) is 0 Å². The van der Waals surface area contributed by atoms with Crippen molar-refractivity contribution in [1.29, 1.82) is 0 Å². The Morgan fingerprint density at radius 3 is 2.73 bits per heavy atom. The second-order valence-corrected chi connectivity index (χ2v) is 4.76. The third-order valence-electron chi connectivity index (χ3n) is 3.40. The lowest BCUT2D eigenvalue weighted by Gasteiger charge is -2.10. The molecule has 2 aromatic heterocycles. The van der Waals surface area contributed by atoms with E-state index in [0.717, 1.165) is 10.9 Å². The third-order valence-corrected chi connectivity index (χ3v) is 3.40. The van der Waals surface area contributed by atoms with Crippen molar-refractivity contribution in [2.75, 3.05) is 7.11 Å². The van der Waals surface area contributed by atoms with Crippen molar-refractivity contribution in [3.05, 3.63) is 59.0 Å². The zero-order valence-corrected chi connectivity index (χ0v) is 11.6. The molecule has 0 spiro atoms. The molecule has 0 fully saturated rings. The van der Waals surface area contributed by atoms with Gasteiger partial charge in [0.1, 0.15) is 11.6 Å². The number of halogens is 1. The number of nitrogens with zero attached hydrogens (tertiary/aromatic N) is 2. The molecule has 22 heavy (non-hydrogen) atoms. The van der Waals surface area contributed by atoms with Crippen LogP contribution in [0, 0.1) is 5.82 Å². The number of ether oxygens (including phenoxy) is 1. The van der Waals surface area contributed by atoms with Gasteiger partial charge in [0.25, 0.3) is 5.56 Å². The molecule has 0 bridgehead atoms. The van der Waals surface area contributed by atoms with Gasteiger partial charge in [0.2, 0.25) is 0 Å². The summed E-state index contributed by atoms with van der Waals surface area (Å²) in [5, 5.41) is 1.24. The van der Waals surface area contributed by atoms with Crippen LogP contribution in [0.5, 0.6) is 5.75 Å². The van der Waals surface area contributed by atoms with Crippen molar-refractivity contribution in [3.8, 4) is 16.9 Å². The maximum Gasteiger partial charge on any atom is 0.259 e. The summed E-state index contributed by atoms with van der Waals surface area (Å²) in [6.45, 7) is 0. The zero-order chi connectivity index (χ0) is 15.0. The molecule has 0 amide bonds. The lowest BCUT2D eigenvalue weighted by atomic mass is 10.0. The Labute approximate surface area is 127 Å². The molecular weight excluding hydrogens is 283 g/mol. The third kappa shape index (κ3) is 2.57. The van der Waals surface area contributed by atoms with E-state index in [4.69, 9.17) is 4.74 Å². The van der Waals surface area contributed by atoms with Crippen molar-refractivity contribution < 1.29 is 9.13 Å². The van der Waals surface area contributed by atoms with Crippen molar-refractivity contribution in [2.24, 2.45) is 7.05 Å². The molecule has 0 radical (unpaired) electrons. The number of benzene rings is 1. The predicted molar refractivity (Wildman–Crippen MR) is 85.7 cm³/mol. The average Bonchev–Trinajstić information content (AvgIpc) is 2.50. The maximum absolute atomic E-state index is 13.7. The smallest absolute Gasteiger partial charge is 0.259 e. The van der Waals surface area contributed by atoms with Gasteiger partial charge in [0.05, 0.1) is 12.5 Å². The van der Waals surface area contributed by atoms with Gasteiger partial charge in [-0.05, 0) is 29.1 Å². The summed E-state index contributed by atoms with van der Waals surface area (Å²) in [6, 6.07) is 6.23. The van der Waals surface area contributed by atoms with Crippen LogP contribution in [-0.2, 0) is 7.05 Å². The molecule has 3 aromatic rings. The molecular formula is C17H17FN2O2. The van der Waals surface area contributed by atoms with Gasteiger partial charge in [0, 0.05) is 37.3 Å². The van der Waals surface area contributed by atoms with Crippen LogP contribution < -0.4 is 10.3 Å². The normalized spacial score (nSPS) is 10.3. The van der Waals surface area contributed by atoms with Crippen LogP contribution in [0.15, 0.2) is 47.7 Å². The van der Waals surface area contributed by atoms with Gasteiger partial charge in [0.15, 0.2) is 0 Å². The Bertz CT molecular complexity index is 887. The van der Waals surface area contributed by atoms with Crippen LogP contribution >= 0.6 is 0 Å². The molecule has 2 heterocycles. The quantitative estimate of drug-likeness (QED) is 0.728. The highest BCUT2D eigenvalue weighted by atomic mass is 19.1. The van der Waals surface area contributed by atoms with Crippen LogP contribution in [-0.4, -0.2) is 16.7 Å². The van der Waals surface area contributed by atoms with Gasteiger partial charge in [-0.2, -0.15) is 0 Å². The fourth-order valence-electron chi connectivity index (χ4n) is 2.38. The lowest BCUT2D eigenvalue weighted by Crippen LogP contribution is -2.16. The molecule has 3 rings (SSSR count). The van der Waals surface area contributed by atoms with Gasteiger partial charge in [-0.3, -0.25) is 9.78 Å². The van der Waals surface area contributed by atoms with Gasteiger partial charge in [-0.25, -0.2) is 4.39 Å². The summed E-state index contributed by atoms with van der Waals surface area (Å²) in [5.74, 6) is 0.0430. The second-order valence-electron chi connectivity index (χ2n) is 4.76. The second kappa shape index (κ2) is 5.97. The van der Waals surface area contributed by atoms with E-state index in [1.165, 1.54) is 30.0 Å². The topological polar surface area (TPSA) is 44.1 Å². The van der Waals surface area contributed by atoms with Gasteiger partial charge < -0.3 is 9.30 Å². The van der Waals surface area contributed by atoms with Gasteiger partial charge >= 0.3 is 0 Å². The lowest BCUT2D eigenvalue weighted by molar-refractivity contribution is 0.411. The predicted octanol–water partition coefficient (Wildman–Crippen LogP) is 3.38. The Morgan fingerprint density at radius 2 is 2.00 bits per heavy atom. The molecule has 0 unspecified atom stereocenters. The van der Waals surface area contributed by atoms with Crippen molar-refractivity contribution >= 4 is 10.8 Å². The number of aromatic nitrogens is 2. The minimum Gasteiger partial charge on any atom is -0.497 e. The minimum atomic E-state index is -0.389. The van der Waals surface area contributed by atoms with E-state index in [1.807, 2.05) is 0 Å².